The van der Waals surface area contributed by atoms with E-state index in [1.807, 2.05) is 0 Å². The quantitative estimate of drug-likeness (QED) is 0.878. The zero-order valence-corrected chi connectivity index (χ0v) is 11.8. The Labute approximate surface area is 119 Å². The highest BCUT2D eigenvalue weighted by atomic mass is 19.4. The fraction of sp³-hybridized carbons (Fsp3) is 0.357. The second-order valence-corrected chi connectivity index (χ2v) is 4.84. The number of nitrogens with zero attached hydrogens (tertiary/aromatic N) is 2. The van der Waals surface area contributed by atoms with Crippen molar-refractivity contribution in [1.29, 1.82) is 0 Å². The van der Waals surface area contributed by atoms with E-state index in [9.17, 15) is 17.6 Å². The van der Waals surface area contributed by atoms with Crippen LogP contribution in [0.5, 0.6) is 0 Å². The molecule has 1 unspecified atom stereocenters. The van der Waals surface area contributed by atoms with Crippen LogP contribution in [0, 0.1) is 12.7 Å². The van der Waals surface area contributed by atoms with Crippen molar-refractivity contribution in [3.05, 3.63) is 47.0 Å². The fourth-order valence-electron chi connectivity index (χ4n) is 1.98. The second-order valence-electron chi connectivity index (χ2n) is 4.84. The van der Waals surface area contributed by atoms with Gasteiger partial charge in [0.15, 0.2) is 0 Å². The highest BCUT2D eigenvalue weighted by molar-refractivity contribution is 5.46. The number of benzene rings is 1. The zero-order valence-electron chi connectivity index (χ0n) is 11.8. The molecule has 7 heteroatoms. The molecule has 0 saturated carbocycles. The molecule has 0 aliphatic carbocycles. The van der Waals surface area contributed by atoms with Gasteiger partial charge in [0, 0.05) is 12.2 Å². The van der Waals surface area contributed by atoms with E-state index in [4.69, 9.17) is 0 Å². The standard InChI is InChI=1S/C14H15F4N3/c1-8-4-13(11(5-12(8)15)9(2)19-3)21-7-10(6-20-21)14(16,17)18/h4-7,9,19H,1-3H3. The van der Waals surface area contributed by atoms with Crippen LogP contribution in [0.1, 0.15) is 29.7 Å². The van der Waals surface area contributed by atoms with Gasteiger partial charge in [-0.25, -0.2) is 9.07 Å². The summed E-state index contributed by atoms with van der Waals surface area (Å²) in [5, 5.41) is 6.69. The molecule has 0 saturated heterocycles. The Hall–Kier alpha value is -1.89. The molecule has 1 aromatic heterocycles. The van der Waals surface area contributed by atoms with Crippen LogP contribution in [0.2, 0.25) is 0 Å². The normalized spacial score (nSPS) is 13.5. The lowest BCUT2D eigenvalue weighted by Gasteiger charge is -2.17. The summed E-state index contributed by atoms with van der Waals surface area (Å²) in [6, 6.07) is 2.58. The maximum Gasteiger partial charge on any atom is 0.419 e. The lowest BCUT2D eigenvalue weighted by atomic mass is 10.0. The third-order valence-corrected chi connectivity index (χ3v) is 3.36. The lowest BCUT2D eigenvalue weighted by molar-refractivity contribution is -0.137. The van der Waals surface area contributed by atoms with Crippen molar-refractivity contribution >= 4 is 0 Å². The average molecular weight is 301 g/mol. The molecule has 0 amide bonds. The minimum Gasteiger partial charge on any atom is -0.313 e. The molecule has 2 aromatic rings. The SMILES string of the molecule is CNC(C)c1cc(F)c(C)cc1-n1cc(C(F)(F)F)cn1. The maximum atomic E-state index is 13.7. The third-order valence-electron chi connectivity index (χ3n) is 3.36. The third kappa shape index (κ3) is 3.07. The number of hydrogen-bond donors (Lipinski definition) is 1. The Morgan fingerprint density at radius 3 is 2.48 bits per heavy atom. The van der Waals surface area contributed by atoms with Crippen LogP contribution < -0.4 is 5.32 Å². The number of rotatable bonds is 3. The van der Waals surface area contributed by atoms with Gasteiger partial charge >= 0.3 is 6.18 Å². The van der Waals surface area contributed by atoms with E-state index >= 15 is 0 Å². The lowest BCUT2D eigenvalue weighted by Crippen LogP contribution is -2.16. The van der Waals surface area contributed by atoms with Crippen molar-refractivity contribution in [1.82, 2.24) is 15.1 Å². The molecule has 3 nitrogen and oxygen atoms in total. The van der Waals surface area contributed by atoms with Crippen molar-refractivity contribution in [3.63, 3.8) is 0 Å². The summed E-state index contributed by atoms with van der Waals surface area (Å²) in [4.78, 5) is 0. The van der Waals surface area contributed by atoms with Crippen molar-refractivity contribution < 1.29 is 17.6 Å². The molecule has 0 bridgehead atoms. The van der Waals surface area contributed by atoms with Crippen LogP contribution >= 0.6 is 0 Å². The molecule has 114 valence electrons. The molecule has 1 heterocycles. The summed E-state index contributed by atoms with van der Waals surface area (Å²) < 4.78 is 52.8. The number of aromatic nitrogens is 2. The molecule has 0 fully saturated rings. The van der Waals surface area contributed by atoms with E-state index in [0.717, 1.165) is 17.1 Å². The van der Waals surface area contributed by atoms with Gasteiger partial charge in [-0.3, -0.25) is 0 Å². The largest absolute Gasteiger partial charge is 0.419 e. The van der Waals surface area contributed by atoms with Crippen LogP contribution in [0.4, 0.5) is 17.6 Å². The Morgan fingerprint density at radius 2 is 1.95 bits per heavy atom. The molecule has 0 spiro atoms. The van der Waals surface area contributed by atoms with Crippen molar-refractivity contribution in [2.45, 2.75) is 26.1 Å². The number of hydrogen-bond acceptors (Lipinski definition) is 2. The molecule has 0 aliphatic rings. The summed E-state index contributed by atoms with van der Waals surface area (Å²) >= 11 is 0. The first-order valence-corrected chi connectivity index (χ1v) is 6.33. The highest BCUT2D eigenvalue weighted by Gasteiger charge is 2.32. The Balaban J connectivity index is 2.57. The van der Waals surface area contributed by atoms with Gasteiger partial charge in [-0.2, -0.15) is 18.3 Å². The molecular weight excluding hydrogens is 286 g/mol. The molecule has 0 radical (unpaired) electrons. The molecule has 1 aromatic carbocycles. The first kappa shape index (κ1) is 15.5. The van der Waals surface area contributed by atoms with Gasteiger partial charge in [-0.15, -0.1) is 0 Å². The van der Waals surface area contributed by atoms with Crippen molar-refractivity contribution in [3.8, 4) is 5.69 Å². The van der Waals surface area contributed by atoms with Gasteiger partial charge in [0.25, 0.3) is 0 Å². The zero-order chi connectivity index (χ0) is 15.8. The summed E-state index contributed by atoms with van der Waals surface area (Å²) in [6.45, 7) is 3.35. The Bertz CT molecular complexity index is 646. The highest BCUT2D eigenvalue weighted by Crippen LogP contribution is 2.31. The van der Waals surface area contributed by atoms with Gasteiger partial charge in [0.1, 0.15) is 5.82 Å². The van der Waals surface area contributed by atoms with E-state index in [1.54, 1.807) is 20.9 Å². The van der Waals surface area contributed by atoms with Crippen molar-refractivity contribution in [2.75, 3.05) is 7.05 Å². The van der Waals surface area contributed by atoms with Crippen LogP contribution in [0.3, 0.4) is 0 Å². The molecule has 21 heavy (non-hydrogen) atoms. The molecule has 1 atom stereocenters. The Morgan fingerprint density at radius 1 is 1.29 bits per heavy atom. The molecule has 2 rings (SSSR count). The van der Waals surface area contributed by atoms with Gasteiger partial charge < -0.3 is 5.32 Å². The first-order valence-electron chi connectivity index (χ1n) is 6.33. The second kappa shape index (κ2) is 5.48. The van der Waals surface area contributed by atoms with Gasteiger partial charge in [0.2, 0.25) is 0 Å². The topological polar surface area (TPSA) is 29.9 Å². The van der Waals surface area contributed by atoms with E-state index in [0.29, 0.717) is 16.8 Å². The number of alkyl halides is 3. The van der Waals surface area contributed by atoms with E-state index < -0.39 is 17.6 Å². The minimum atomic E-state index is -4.46. The average Bonchev–Trinajstić information content (AvgIpc) is 2.90. The predicted octanol–water partition coefficient (Wildman–Crippen LogP) is 3.62. The van der Waals surface area contributed by atoms with Crippen LogP contribution in [-0.4, -0.2) is 16.8 Å². The van der Waals surface area contributed by atoms with Gasteiger partial charge in [-0.1, -0.05) is 0 Å². The van der Waals surface area contributed by atoms with Crippen LogP contribution in [-0.2, 0) is 6.18 Å². The summed E-state index contributed by atoms with van der Waals surface area (Å²) in [7, 11) is 1.69. The van der Waals surface area contributed by atoms with Crippen LogP contribution in [0.25, 0.3) is 5.69 Å². The fourth-order valence-corrected chi connectivity index (χ4v) is 1.98. The molecule has 1 N–H and O–H groups in total. The summed E-state index contributed by atoms with van der Waals surface area (Å²) in [5.74, 6) is -0.404. The minimum absolute atomic E-state index is 0.228. The predicted molar refractivity (Wildman–Crippen MR) is 70.7 cm³/mol. The summed E-state index contributed by atoms with van der Waals surface area (Å²) in [5.41, 5.74) is 0.470. The number of nitrogens with one attached hydrogen (secondary N) is 1. The first-order chi connectivity index (χ1) is 9.74. The Kier molecular flexibility index (Phi) is 4.04. The monoisotopic (exact) mass is 301 g/mol. The van der Waals surface area contributed by atoms with E-state index in [-0.39, 0.29) is 6.04 Å². The number of halogens is 4. The molecule has 0 aliphatic heterocycles. The van der Waals surface area contributed by atoms with Gasteiger partial charge in [0.05, 0.1) is 17.4 Å². The summed E-state index contributed by atoms with van der Waals surface area (Å²) in [6.07, 6.45) is -2.80. The van der Waals surface area contributed by atoms with Crippen LogP contribution in [0.15, 0.2) is 24.5 Å². The van der Waals surface area contributed by atoms with Crippen molar-refractivity contribution in [2.24, 2.45) is 0 Å². The van der Waals surface area contributed by atoms with E-state index in [2.05, 4.69) is 10.4 Å². The number of aryl methyl sites for hydroxylation is 1. The molecular formula is C14H15F4N3. The smallest absolute Gasteiger partial charge is 0.313 e. The maximum absolute atomic E-state index is 13.7. The van der Waals surface area contributed by atoms with Gasteiger partial charge in [-0.05, 0) is 44.2 Å². The van der Waals surface area contributed by atoms with E-state index in [1.165, 1.54) is 12.1 Å².